The second-order valence-corrected chi connectivity index (χ2v) is 7.59. The summed E-state index contributed by atoms with van der Waals surface area (Å²) in [6.45, 7) is 3.82. The number of rotatable bonds is 8. The van der Waals surface area contributed by atoms with Gasteiger partial charge in [0.15, 0.2) is 11.6 Å². The first-order chi connectivity index (χ1) is 15.5. The molecule has 0 aromatic heterocycles. The van der Waals surface area contributed by atoms with E-state index in [2.05, 4.69) is 0 Å². The van der Waals surface area contributed by atoms with Crippen molar-refractivity contribution >= 4 is 12.0 Å². The highest BCUT2D eigenvalue weighted by atomic mass is 19.1. The molecule has 4 nitrogen and oxygen atoms in total. The first kappa shape index (κ1) is 22.8. The third-order valence-electron chi connectivity index (χ3n) is 4.87. The van der Waals surface area contributed by atoms with Crippen molar-refractivity contribution in [3.63, 3.8) is 0 Å². The van der Waals surface area contributed by atoms with Crippen LogP contribution in [0.1, 0.15) is 31.1 Å². The molecule has 0 heterocycles. The Morgan fingerprint density at radius 3 is 2.28 bits per heavy atom. The Balaban J connectivity index is 1.77. The Morgan fingerprint density at radius 1 is 1.00 bits per heavy atom. The van der Waals surface area contributed by atoms with Crippen molar-refractivity contribution in [2.75, 3.05) is 0 Å². The predicted molar refractivity (Wildman–Crippen MR) is 121 cm³/mol. The van der Waals surface area contributed by atoms with Crippen LogP contribution in [0.25, 0.3) is 6.08 Å². The maximum atomic E-state index is 14.3. The van der Waals surface area contributed by atoms with Crippen LogP contribution in [0.5, 0.6) is 11.5 Å². The summed E-state index contributed by atoms with van der Waals surface area (Å²) >= 11 is 0. The van der Waals surface area contributed by atoms with E-state index in [9.17, 15) is 14.4 Å². The Hall–Kier alpha value is -3.91. The fourth-order valence-electron chi connectivity index (χ4n) is 3.09. The van der Waals surface area contributed by atoms with Crippen molar-refractivity contribution in [2.24, 2.45) is 11.8 Å². The van der Waals surface area contributed by atoms with Gasteiger partial charge < -0.3 is 9.47 Å². The van der Waals surface area contributed by atoms with Crippen LogP contribution in [-0.2, 0) is 9.53 Å². The van der Waals surface area contributed by atoms with Crippen LogP contribution in [0, 0.1) is 29.0 Å². The van der Waals surface area contributed by atoms with E-state index in [4.69, 9.17) is 9.47 Å². The summed E-state index contributed by atoms with van der Waals surface area (Å²) in [4.78, 5) is 12.9. The summed E-state index contributed by atoms with van der Waals surface area (Å²) in [5.41, 5.74) is 1.30. The molecular formula is C27H24FNO3. The molecular weight excluding hydrogens is 405 g/mol. The Kier molecular flexibility index (Phi) is 7.77. The normalized spacial score (nSPS) is 12.8. The van der Waals surface area contributed by atoms with Crippen LogP contribution in [0.2, 0.25) is 0 Å². The first-order valence-corrected chi connectivity index (χ1v) is 10.3. The quantitative estimate of drug-likeness (QED) is 0.373. The molecule has 0 saturated carbocycles. The first-order valence-electron chi connectivity index (χ1n) is 10.3. The number of esters is 1. The van der Waals surface area contributed by atoms with E-state index in [1.807, 2.05) is 62.4 Å². The van der Waals surface area contributed by atoms with Gasteiger partial charge in [-0.25, -0.2) is 4.39 Å². The second kappa shape index (κ2) is 10.9. The molecule has 3 rings (SSSR count). The summed E-state index contributed by atoms with van der Waals surface area (Å²) in [7, 11) is 0. The van der Waals surface area contributed by atoms with E-state index in [-0.39, 0.29) is 11.7 Å². The van der Waals surface area contributed by atoms with E-state index >= 15 is 0 Å². The highest BCUT2D eigenvalue weighted by Gasteiger charge is 2.26. The topological polar surface area (TPSA) is 59.3 Å². The zero-order valence-electron chi connectivity index (χ0n) is 17.9. The number of hydrogen-bond donors (Lipinski definition) is 0. The van der Waals surface area contributed by atoms with Crippen LogP contribution in [0.15, 0.2) is 84.9 Å². The fourth-order valence-corrected chi connectivity index (χ4v) is 3.09. The highest BCUT2D eigenvalue weighted by Crippen LogP contribution is 2.30. The van der Waals surface area contributed by atoms with Gasteiger partial charge in [-0.1, -0.05) is 80.6 Å². The highest BCUT2D eigenvalue weighted by molar-refractivity contribution is 5.76. The van der Waals surface area contributed by atoms with E-state index in [0.29, 0.717) is 11.3 Å². The summed E-state index contributed by atoms with van der Waals surface area (Å²) in [5.74, 6) is -1.26. The molecule has 3 aromatic carbocycles. The minimum Gasteiger partial charge on any atom is -0.454 e. The zero-order valence-corrected chi connectivity index (χ0v) is 17.9. The van der Waals surface area contributed by atoms with Crippen molar-refractivity contribution in [1.29, 1.82) is 5.26 Å². The number of hydrogen-bond acceptors (Lipinski definition) is 4. The van der Waals surface area contributed by atoms with E-state index < -0.39 is 23.8 Å². The number of para-hydroxylation sites is 1. The standard InChI is InChI=1S/C27H24FNO3/c1-19(2)23(15-13-20-9-5-3-6-10-20)27(30)32-26(18-29)21-14-16-24(28)25(17-21)31-22-11-7-4-8-12-22/h3-17,19,23,26H,1-2H3/b15-13+. The van der Waals surface area contributed by atoms with Gasteiger partial charge in [-0.2, -0.15) is 5.26 Å². The van der Waals surface area contributed by atoms with Gasteiger partial charge in [0.05, 0.1) is 5.92 Å². The molecule has 0 radical (unpaired) electrons. The lowest BCUT2D eigenvalue weighted by Crippen LogP contribution is -2.22. The van der Waals surface area contributed by atoms with Gasteiger partial charge in [-0.3, -0.25) is 4.79 Å². The molecule has 0 bridgehead atoms. The fraction of sp³-hybridized carbons (Fsp3) is 0.185. The summed E-state index contributed by atoms with van der Waals surface area (Å²) in [6.07, 6.45) is 2.45. The Bertz CT molecular complexity index is 1100. The summed E-state index contributed by atoms with van der Waals surface area (Å²) < 4.78 is 25.4. The molecule has 0 aliphatic carbocycles. The molecule has 32 heavy (non-hydrogen) atoms. The maximum absolute atomic E-state index is 14.3. The van der Waals surface area contributed by atoms with Crippen LogP contribution in [-0.4, -0.2) is 5.97 Å². The largest absolute Gasteiger partial charge is 0.454 e. The molecule has 0 N–H and O–H groups in total. The molecule has 0 fully saturated rings. The van der Waals surface area contributed by atoms with Gasteiger partial charge in [0, 0.05) is 5.56 Å². The lowest BCUT2D eigenvalue weighted by atomic mass is 9.94. The average Bonchev–Trinajstić information content (AvgIpc) is 2.80. The van der Waals surface area contributed by atoms with Crippen LogP contribution in [0.4, 0.5) is 4.39 Å². The third-order valence-corrected chi connectivity index (χ3v) is 4.87. The lowest BCUT2D eigenvalue weighted by Gasteiger charge is -2.19. The monoisotopic (exact) mass is 429 g/mol. The number of halogens is 1. The average molecular weight is 429 g/mol. The minimum absolute atomic E-state index is 0.0352. The molecule has 162 valence electrons. The van der Waals surface area contributed by atoms with E-state index in [1.54, 1.807) is 30.3 Å². The van der Waals surface area contributed by atoms with Gasteiger partial charge in [0.25, 0.3) is 0 Å². The van der Waals surface area contributed by atoms with Gasteiger partial charge >= 0.3 is 5.97 Å². The number of benzene rings is 3. The van der Waals surface area contributed by atoms with Crippen LogP contribution < -0.4 is 4.74 Å². The van der Waals surface area contributed by atoms with Crippen LogP contribution in [0.3, 0.4) is 0 Å². The van der Waals surface area contributed by atoms with E-state index in [1.165, 1.54) is 18.2 Å². The molecule has 0 saturated heterocycles. The molecule has 0 aliphatic rings. The SMILES string of the molecule is CC(C)C(/C=C/c1ccccc1)C(=O)OC(C#N)c1ccc(F)c(Oc2ccccc2)c1. The Morgan fingerprint density at radius 2 is 1.66 bits per heavy atom. The molecule has 5 heteroatoms. The molecule has 0 amide bonds. The van der Waals surface area contributed by atoms with Crippen molar-refractivity contribution < 1.29 is 18.7 Å². The molecule has 0 aliphatic heterocycles. The van der Waals surface area contributed by atoms with Gasteiger partial charge in [0.1, 0.15) is 11.8 Å². The Labute approximate surface area is 187 Å². The number of carbonyl (C=O) groups excluding carboxylic acids is 1. The van der Waals surface area contributed by atoms with Gasteiger partial charge in [-0.15, -0.1) is 0 Å². The number of ether oxygens (including phenoxy) is 2. The summed E-state index contributed by atoms with van der Waals surface area (Å²) in [6, 6.07) is 24.3. The zero-order chi connectivity index (χ0) is 22.9. The minimum atomic E-state index is -1.19. The third kappa shape index (κ3) is 6.05. The van der Waals surface area contributed by atoms with Crippen molar-refractivity contribution in [3.05, 3.63) is 102 Å². The second-order valence-electron chi connectivity index (χ2n) is 7.59. The molecule has 2 unspecified atom stereocenters. The molecule has 3 aromatic rings. The maximum Gasteiger partial charge on any atom is 0.314 e. The molecule has 0 spiro atoms. The van der Waals surface area contributed by atoms with Gasteiger partial charge in [0.2, 0.25) is 6.10 Å². The van der Waals surface area contributed by atoms with Crippen LogP contribution >= 0.6 is 0 Å². The number of carbonyl (C=O) groups is 1. The predicted octanol–water partition coefficient (Wildman–Crippen LogP) is 6.71. The number of nitrogens with zero attached hydrogens (tertiary/aromatic N) is 1. The van der Waals surface area contributed by atoms with E-state index in [0.717, 1.165) is 5.56 Å². The number of nitriles is 1. The summed E-state index contributed by atoms with van der Waals surface area (Å²) in [5, 5.41) is 9.63. The van der Waals surface area contributed by atoms with Crippen molar-refractivity contribution in [3.8, 4) is 17.6 Å². The van der Waals surface area contributed by atoms with Crippen molar-refractivity contribution in [1.82, 2.24) is 0 Å². The lowest BCUT2D eigenvalue weighted by molar-refractivity contribution is -0.151. The van der Waals surface area contributed by atoms with Crippen molar-refractivity contribution in [2.45, 2.75) is 20.0 Å². The smallest absolute Gasteiger partial charge is 0.314 e. The molecule has 2 atom stereocenters. The van der Waals surface area contributed by atoms with Gasteiger partial charge in [-0.05, 0) is 35.7 Å².